The monoisotopic (exact) mass is 526 g/mol. The van der Waals surface area contributed by atoms with Gasteiger partial charge in [0.25, 0.3) is 0 Å². The minimum absolute atomic E-state index is 0.210. The third-order valence-electron chi connectivity index (χ3n) is 5.97. The maximum Gasteiger partial charge on any atom is 0.246 e. The largest absolute Gasteiger partial charge is 0.494 e. The number of amides is 3. The molecule has 0 aliphatic carbocycles. The summed E-state index contributed by atoms with van der Waals surface area (Å²) in [4.78, 5) is 40.2. The first-order valence-corrected chi connectivity index (χ1v) is 13.2. The number of aryl methyl sites for hydroxylation is 1. The molecule has 0 unspecified atom stereocenters. The Morgan fingerprint density at radius 2 is 1.61 bits per heavy atom. The molecular formula is C28H42N6O4. The molecule has 0 spiro atoms. The molecule has 0 aliphatic rings. The average Bonchev–Trinajstić information content (AvgIpc) is 2.92. The number of anilines is 1. The van der Waals surface area contributed by atoms with Crippen LogP contribution in [0.25, 0.3) is 0 Å². The zero-order chi connectivity index (χ0) is 27.8. The Hall–Kier alpha value is -3.47. The minimum atomic E-state index is -1.12. The SMILES string of the molecule is CCCCOc1ccc(NC(=O)[C@H](CCc2ccccc2)NC(=O)[C@@H](N)CC(=O)N(CCN)CCN)cc1. The van der Waals surface area contributed by atoms with E-state index in [0.29, 0.717) is 38.2 Å². The van der Waals surface area contributed by atoms with E-state index in [1.807, 2.05) is 30.3 Å². The predicted octanol–water partition coefficient (Wildman–Crippen LogP) is 1.39. The van der Waals surface area contributed by atoms with Crippen LogP contribution in [0.5, 0.6) is 5.75 Å². The van der Waals surface area contributed by atoms with E-state index in [2.05, 4.69) is 17.6 Å². The molecule has 0 saturated heterocycles. The van der Waals surface area contributed by atoms with Crippen LogP contribution in [0.2, 0.25) is 0 Å². The van der Waals surface area contributed by atoms with Crippen molar-refractivity contribution in [1.29, 1.82) is 0 Å². The van der Waals surface area contributed by atoms with Gasteiger partial charge in [0.15, 0.2) is 0 Å². The summed E-state index contributed by atoms with van der Waals surface area (Å²) in [6.45, 7) is 3.94. The van der Waals surface area contributed by atoms with E-state index in [-0.39, 0.29) is 31.3 Å². The maximum absolute atomic E-state index is 13.2. The van der Waals surface area contributed by atoms with E-state index in [4.69, 9.17) is 21.9 Å². The summed E-state index contributed by atoms with van der Waals surface area (Å²) in [6, 6.07) is 14.8. The Balaban J connectivity index is 2.05. The lowest BCUT2D eigenvalue weighted by Gasteiger charge is -2.24. The molecule has 0 radical (unpaired) electrons. The van der Waals surface area contributed by atoms with Crippen LogP contribution in [0, 0.1) is 0 Å². The Labute approximate surface area is 225 Å². The lowest BCUT2D eigenvalue weighted by molar-refractivity contribution is -0.134. The van der Waals surface area contributed by atoms with Crippen LogP contribution in [0.4, 0.5) is 5.69 Å². The van der Waals surface area contributed by atoms with Crippen LogP contribution < -0.4 is 32.6 Å². The highest BCUT2D eigenvalue weighted by Crippen LogP contribution is 2.17. The van der Waals surface area contributed by atoms with Gasteiger partial charge in [-0.05, 0) is 49.1 Å². The van der Waals surface area contributed by atoms with Crippen molar-refractivity contribution in [3.05, 3.63) is 60.2 Å². The molecule has 2 atom stereocenters. The van der Waals surface area contributed by atoms with E-state index in [0.717, 1.165) is 24.2 Å². The molecule has 0 bridgehead atoms. The second-order valence-electron chi connectivity index (χ2n) is 9.07. The molecule has 2 aromatic carbocycles. The molecule has 208 valence electrons. The lowest BCUT2D eigenvalue weighted by atomic mass is 10.0. The van der Waals surface area contributed by atoms with Crippen LogP contribution in [0.15, 0.2) is 54.6 Å². The Kier molecular flexibility index (Phi) is 13.9. The van der Waals surface area contributed by atoms with Gasteiger partial charge in [-0.1, -0.05) is 43.7 Å². The van der Waals surface area contributed by atoms with E-state index >= 15 is 0 Å². The summed E-state index contributed by atoms with van der Waals surface area (Å²) in [5.74, 6) is -0.540. The van der Waals surface area contributed by atoms with Gasteiger partial charge in [-0.3, -0.25) is 14.4 Å². The molecule has 10 nitrogen and oxygen atoms in total. The van der Waals surface area contributed by atoms with E-state index in [1.54, 1.807) is 24.3 Å². The van der Waals surface area contributed by atoms with E-state index in [1.165, 1.54) is 4.90 Å². The standard InChI is InChI=1S/C28H42N6O4/c1-2-3-19-38-23-12-10-22(11-13-23)32-28(37)25(14-9-21-7-5-4-6-8-21)33-27(36)24(31)20-26(35)34(17-15-29)18-16-30/h4-8,10-13,24-25H,2-3,9,14-20,29-31H2,1H3,(H,32,37)(H,33,36)/t24-,25-/m0/s1. The van der Waals surface area contributed by atoms with E-state index in [9.17, 15) is 14.4 Å². The zero-order valence-corrected chi connectivity index (χ0v) is 22.2. The summed E-state index contributed by atoms with van der Waals surface area (Å²) in [5, 5.41) is 5.60. The summed E-state index contributed by atoms with van der Waals surface area (Å²) < 4.78 is 5.67. The fourth-order valence-electron chi connectivity index (χ4n) is 3.78. The highest BCUT2D eigenvalue weighted by Gasteiger charge is 2.26. The van der Waals surface area contributed by atoms with Crippen molar-refractivity contribution in [3.8, 4) is 5.75 Å². The van der Waals surface area contributed by atoms with Gasteiger partial charge in [0.05, 0.1) is 19.1 Å². The Morgan fingerprint density at radius 3 is 2.21 bits per heavy atom. The Bertz CT molecular complexity index is 981. The molecule has 10 heteroatoms. The normalized spacial score (nSPS) is 12.3. The van der Waals surface area contributed by atoms with Gasteiger partial charge in [0, 0.05) is 31.9 Å². The highest BCUT2D eigenvalue weighted by molar-refractivity contribution is 5.98. The first-order valence-electron chi connectivity index (χ1n) is 13.2. The molecule has 8 N–H and O–H groups in total. The topological polar surface area (TPSA) is 166 Å². The van der Waals surface area contributed by atoms with Gasteiger partial charge in [-0.25, -0.2) is 0 Å². The predicted molar refractivity (Wildman–Crippen MR) is 149 cm³/mol. The average molecular weight is 527 g/mol. The number of rotatable bonds is 17. The molecule has 38 heavy (non-hydrogen) atoms. The number of benzene rings is 2. The van der Waals surface area contributed by atoms with Gasteiger partial charge in [0.2, 0.25) is 17.7 Å². The van der Waals surface area contributed by atoms with Crippen molar-refractivity contribution in [1.82, 2.24) is 10.2 Å². The molecule has 0 fully saturated rings. The van der Waals surface area contributed by atoms with Crippen molar-refractivity contribution >= 4 is 23.4 Å². The molecule has 0 heterocycles. The second kappa shape index (κ2) is 17.1. The number of unbranched alkanes of at least 4 members (excludes halogenated alkanes) is 1. The number of nitrogens with zero attached hydrogens (tertiary/aromatic N) is 1. The molecule has 2 aromatic rings. The number of nitrogens with one attached hydrogen (secondary N) is 2. The van der Waals surface area contributed by atoms with Gasteiger partial charge >= 0.3 is 0 Å². The van der Waals surface area contributed by atoms with Crippen LogP contribution >= 0.6 is 0 Å². The van der Waals surface area contributed by atoms with Gasteiger partial charge in [0.1, 0.15) is 11.8 Å². The van der Waals surface area contributed by atoms with Crippen molar-refractivity contribution in [2.24, 2.45) is 17.2 Å². The number of carbonyl (C=O) groups is 3. The summed E-state index contributed by atoms with van der Waals surface area (Å²) >= 11 is 0. The third kappa shape index (κ3) is 10.9. The minimum Gasteiger partial charge on any atom is -0.494 e. The Morgan fingerprint density at radius 1 is 0.947 bits per heavy atom. The van der Waals surface area contributed by atoms with Crippen molar-refractivity contribution in [2.45, 2.75) is 51.1 Å². The first kappa shape index (κ1) is 30.8. The van der Waals surface area contributed by atoms with Gasteiger partial charge in [-0.15, -0.1) is 0 Å². The number of ether oxygens (including phenoxy) is 1. The quantitative estimate of drug-likeness (QED) is 0.194. The molecule has 2 rings (SSSR count). The summed E-state index contributed by atoms with van der Waals surface area (Å²) in [7, 11) is 0. The molecule has 0 saturated carbocycles. The van der Waals surface area contributed by atoms with Crippen LogP contribution in [-0.4, -0.2) is 67.5 Å². The fourth-order valence-corrected chi connectivity index (χ4v) is 3.78. The smallest absolute Gasteiger partial charge is 0.246 e. The molecule has 3 amide bonds. The van der Waals surface area contributed by atoms with Crippen LogP contribution in [0.1, 0.15) is 38.2 Å². The maximum atomic E-state index is 13.2. The van der Waals surface area contributed by atoms with Crippen molar-refractivity contribution < 1.29 is 19.1 Å². The number of hydrogen-bond donors (Lipinski definition) is 5. The van der Waals surface area contributed by atoms with Crippen molar-refractivity contribution in [2.75, 3.05) is 38.1 Å². The zero-order valence-electron chi connectivity index (χ0n) is 22.2. The molecule has 0 aliphatic heterocycles. The van der Waals surface area contributed by atoms with Gasteiger partial charge in [-0.2, -0.15) is 0 Å². The molecular weight excluding hydrogens is 484 g/mol. The number of nitrogens with two attached hydrogens (primary N) is 3. The number of hydrogen-bond acceptors (Lipinski definition) is 7. The van der Waals surface area contributed by atoms with Crippen molar-refractivity contribution in [3.63, 3.8) is 0 Å². The number of carbonyl (C=O) groups excluding carboxylic acids is 3. The second-order valence-corrected chi connectivity index (χ2v) is 9.07. The van der Waals surface area contributed by atoms with E-state index < -0.39 is 18.0 Å². The molecule has 0 aromatic heterocycles. The van der Waals surface area contributed by atoms with Crippen LogP contribution in [-0.2, 0) is 20.8 Å². The fraction of sp³-hybridized carbons (Fsp3) is 0.464. The highest BCUT2D eigenvalue weighted by atomic mass is 16.5. The summed E-state index contributed by atoms with van der Waals surface area (Å²) in [5.41, 5.74) is 18.8. The lowest BCUT2D eigenvalue weighted by Crippen LogP contribution is -2.52. The summed E-state index contributed by atoms with van der Waals surface area (Å²) in [6.07, 6.45) is 2.72. The third-order valence-corrected chi connectivity index (χ3v) is 5.97. The van der Waals surface area contributed by atoms with Crippen LogP contribution in [0.3, 0.4) is 0 Å². The van der Waals surface area contributed by atoms with Gasteiger partial charge < -0.3 is 37.5 Å². The first-order chi connectivity index (χ1) is 18.4.